The van der Waals surface area contributed by atoms with Crippen molar-refractivity contribution in [1.29, 1.82) is 0 Å². The third-order valence-electron chi connectivity index (χ3n) is 3.55. The molecule has 0 aliphatic carbocycles. The van der Waals surface area contributed by atoms with Crippen LogP contribution in [-0.2, 0) is 20.5 Å². The van der Waals surface area contributed by atoms with E-state index >= 15 is 0 Å². The number of hydrogen-bond donors (Lipinski definition) is 1. The summed E-state index contributed by atoms with van der Waals surface area (Å²) in [7, 11) is 0. The van der Waals surface area contributed by atoms with Crippen LogP contribution in [0, 0.1) is 0 Å². The highest BCUT2D eigenvalue weighted by Gasteiger charge is 2.33. The van der Waals surface area contributed by atoms with E-state index < -0.39 is 35.9 Å². The van der Waals surface area contributed by atoms with Crippen molar-refractivity contribution >= 4 is 45.1 Å². The highest BCUT2D eigenvalue weighted by molar-refractivity contribution is 9.10. The van der Waals surface area contributed by atoms with Gasteiger partial charge >= 0.3 is 12.1 Å². The van der Waals surface area contributed by atoms with E-state index in [1.54, 1.807) is 18.2 Å². The summed E-state index contributed by atoms with van der Waals surface area (Å²) in [5.41, 5.74) is -1.38. The van der Waals surface area contributed by atoms with Crippen LogP contribution in [-0.4, -0.2) is 25.1 Å². The van der Waals surface area contributed by atoms with Crippen LogP contribution >= 0.6 is 27.5 Å². The van der Waals surface area contributed by atoms with Crippen LogP contribution in [0.15, 0.2) is 46.9 Å². The minimum atomic E-state index is -4.61. The standard InChI is InChI=1S/C19H16BrClF3NO4/c20-12-7-8-16(14(21)10-12)28-9-3-6-18(27)29-11-17(26)25-15-5-2-1-4-13(15)19(22,23)24/h1-2,4-5,7-8,10H,3,6,9,11H2,(H,25,26). The zero-order valence-electron chi connectivity index (χ0n) is 14.9. The highest BCUT2D eigenvalue weighted by atomic mass is 79.9. The van der Waals surface area contributed by atoms with Crippen LogP contribution in [0.4, 0.5) is 18.9 Å². The minimum absolute atomic E-state index is 0.0272. The molecule has 0 atom stereocenters. The van der Waals surface area contributed by atoms with Crippen LogP contribution in [0.1, 0.15) is 18.4 Å². The van der Waals surface area contributed by atoms with Gasteiger partial charge < -0.3 is 14.8 Å². The highest BCUT2D eigenvalue weighted by Crippen LogP contribution is 2.34. The molecule has 10 heteroatoms. The summed E-state index contributed by atoms with van der Waals surface area (Å²) in [5.74, 6) is -1.08. The molecular weight excluding hydrogens is 479 g/mol. The number of halogens is 5. The Morgan fingerprint density at radius 2 is 1.86 bits per heavy atom. The average molecular weight is 495 g/mol. The van der Waals surface area contributed by atoms with Gasteiger partial charge in [-0.3, -0.25) is 9.59 Å². The summed E-state index contributed by atoms with van der Waals surface area (Å²) in [6.07, 6.45) is -4.33. The summed E-state index contributed by atoms with van der Waals surface area (Å²) in [4.78, 5) is 23.5. The van der Waals surface area contributed by atoms with Crippen molar-refractivity contribution in [3.8, 4) is 5.75 Å². The summed E-state index contributed by atoms with van der Waals surface area (Å²) in [6, 6.07) is 9.63. The summed E-state index contributed by atoms with van der Waals surface area (Å²) in [6.45, 7) is -0.494. The lowest BCUT2D eigenvalue weighted by molar-refractivity contribution is -0.147. The molecule has 0 saturated heterocycles. The first-order chi connectivity index (χ1) is 13.7. The monoisotopic (exact) mass is 493 g/mol. The van der Waals surface area contributed by atoms with E-state index in [0.29, 0.717) is 17.2 Å². The smallest absolute Gasteiger partial charge is 0.418 e. The Bertz CT molecular complexity index is 877. The lowest BCUT2D eigenvalue weighted by Gasteiger charge is -2.13. The molecule has 1 amide bonds. The fraction of sp³-hybridized carbons (Fsp3) is 0.263. The van der Waals surface area contributed by atoms with Crippen LogP contribution in [0.2, 0.25) is 5.02 Å². The van der Waals surface area contributed by atoms with Gasteiger partial charge in [0, 0.05) is 10.9 Å². The predicted octanol–water partition coefficient (Wildman–Crippen LogP) is 5.46. The molecule has 0 radical (unpaired) electrons. The van der Waals surface area contributed by atoms with Gasteiger partial charge in [-0.1, -0.05) is 39.7 Å². The molecule has 2 aromatic rings. The molecule has 2 aromatic carbocycles. The molecule has 0 heterocycles. The van der Waals surface area contributed by atoms with Gasteiger partial charge in [-0.25, -0.2) is 0 Å². The molecule has 2 rings (SSSR count). The van der Waals surface area contributed by atoms with E-state index in [0.717, 1.165) is 16.6 Å². The second-order valence-corrected chi connectivity index (χ2v) is 7.10. The number of para-hydroxylation sites is 1. The van der Waals surface area contributed by atoms with Crippen molar-refractivity contribution in [2.45, 2.75) is 19.0 Å². The maximum atomic E-state index is 12.9. The Morgan fingerprint density at radius 1 is 1.14 bits per heavy atom. The molecule has 0 bridgehead atoms. The minimum Gasteiger partial charge on any atom is -0.492 e. The van der Waals surface area contributed by atoms with E-state index in [1.807, 2.05) is 0 Å². The van der Waals surface area contributed by atoms with Crippen molar-refractivity contribution in [1.82, 2.24) is 0 Å². The van der Waals surface area contributed by atoms with E-state index in [9.17, 15) is 22.8 Å². The molecule has 0 spiro atoms. The van der Waals surface area contributed by atoms with Gasteiger partial charge in [0.1, 0.15) is 5.75 Å². The van der Waals surface area contributed by atoms with Gasteiger partial charge in [0.25, 0.3) is 5.91 Å². The summed E-state index contributed by atoms with van der Waals surface area (Å²) in [5, 5.41) is 2.51. The van der Waals surface area contributed by atoms with Crippen LogP contribution in [0.3, 0.4) is 0 Å². The van der Waals surface area contributed by atoms with E-state index in [-0.39, 0.29) is 13.0 Å². The van der Waals surface area contributed by atoms with E-state index in [2.05, 4.69) is 21.2 Å². The number of nitrogens with one attached hydrogen (secondary N) is 1. The van der Waals surface area contributed by atoms with Gasteiger partial charge in [-0.2, -0.15) is 13.2 Å². The molecule has 0 fully saturated rings. The number of esters is 1. The molecule has 0 aliphatic heterocycles. The molecule has 0 unspecified atom stereocenters. The van der Waals surface area contributed by atoms with Gasteiger partial charge in [0.05, 0.1) is 22.9 Å². The zero-order valence-corrected chi connectivity index (χ0v) is 17.2. The van der Waals surface area contributed by atoms with Gasteiger partial charge in [0.15, 0.2) is 6.61 Å². The average Bonchev–Trinajstić information content (AvgIpc) is 2.64. The quantitative estimate of drug-likeness (QED) is 0.391. The topological polar surface area (TPSA) is 64.6 Å². The maximum absolute atomic E-state index is 12.9. The number of ether oxygens (including phenoxy) is 2. The number of benzene rings is 2. The summed E-state index contributed by atoms with van der Waals surface area (Å²) < 4.78 is 49.7. The molecule has 29 heavy (non-hydrogen) atoms. The number of alkyl halides is 3. The first-order valence-corrected chi connectivity index (χ1v) is 9.53. The fourth-order valence-electron chi connectivity index (χ4n) is 2.23. The van der Waals surface area contributed by atoms with Gasteiger partial charge in [-0.15, -0.1) is 0 Å². The third-order valence-corrected chi connectivity index (χ3v) is 4.34. The van der Waals surface area contributed by atoms with Crippen LogP contribution in [0.5, 0.6) is 5.75 Å². The molecule has 0 aromatic heterocycles. The fourth-order valence-corrected chi connectivity index (χ4v) is 2.96. The lowest BCUT2D eigenvalue weighted by atomic mass is 10.1. The van der Waals surface area contributed by atoms with Crippen molar-refractivity contribution in [3.05, 3.63) is 57.5 Å². The Hall–Kier alpha value is -2.26. The number of hydrogen-bond acceptors (Lipinski definition) is 4. The van der Waals surface area contributed by atoms with Gasteiger partial charge in [-0.05, 0) is 36.8 Å². The van der Waals surface area contributed by atoms with Gasteiger partial charge in [0.2, 0.25) is 0 Å². The third kappa shape index (κ3) is 7.58. The second-order valence-electron chi connectivity index (χ2n) is 5.78. The lowest BCUT2D eigenvalue weighted by Crippen LogP contribution is -2.22. The Balaban J connectivity index is 1.72. The molecular formula is C19H16BrClF3NO4. The Kier molecular flexibility index (Phi) is 8.33. The first-order valence-electron chi connectivity index (χ1n) is 8.36. The normalized spacial score (nSPS) is 11.1. The number of rotatable bonds is 8. The zero-order chi connectivity index (χ0) is 21.4. The molecule has 0 aliphatic rings. The molecule has 0 saturated carbocycles. The van der Waals surface area contributed by atoms with Crippen molar-refractivity contribution < 1.29 is 32.2 Å². The van der Waals surface area contributed by atoms with E-state index in [1.165, 1.54) is 12.1 Å². The van der Waals surface area contributed by atoms with Crippen molar-refractivity contribution in [2.24, 2.45) is 0 Å². The number of carbonyl (C=O) groups is 2. The Labute approximate surface area is 178 Å². The SMILES string of the molecule is O=C(COC(=O)CCCOc1ccc(Br)cc1Cl)Nc1ccccc1C(F)(F)F. The molecule has 156 valence electrons. The first kappa shape index (κ1) is 23.0. The number of amides is 1. The van der Waals surface area contributed by atoms with Crippen molar-refractivity contribution in [2.75, 3.05) is 18.5 Å². The molecule has 5 nitrogen and oxygen atoms in total. The van der Waals surface area contributed by atoms with Crippen LogP contribution < -0.4 is 10.1 Å². The summed E-state index contributed by atoms with van der Waals surface area (Å²) >= 11 is 9.27. The predicted molar refractivity (Wildman–Crippen MR) is 105 cm³/mol. The largest absolute Gasteiger partial charge is 0.492 e. The number of anilines is 1. The second kappa shape index (κ2) is 10.5. The number of carbonyl (C=O) groups excluding carboxylic acids is 2. The van der Waals surface area contributed by atoms with Crippen molar-refractivity contribution in [3.63, 3.8) is 0 Å². The molecule has 1 N–H and O–H groups in total. The van der Waals surface area contributed by atoms with Crippen LogP contribution in [0.25, 0.3) is 0 Å². The van der Waals surface area contributed by atoms with E-state index in [4.69, 9.17) is 21.1 Å². The Morgan fingerprint density at radius 3 is 2.55 bits per heavy atom. The maximum Gasteiger partial charge on any atom is 0.418 e.